The van der Waals surface area contributed by atoms with Crippen LogP contribution in [0.3, 0.4) is 0 Å². The summed E-state index contributed by atoms with van der Waals surface area (Å²) in [7, 11) is 1.61. The number of methoxy groups -OCH3 is 1. The molecule has 35 heavy (non-hydrogen) atoms. The number of amides is 1. The molecule has 0 saturated carbocycles. The third kappa shape index (κ3) is 4.54. The number of halogens is 1. The first-order valence-electron chi connectivity index (χ1n) is 12.8. The maximum absolute atomic E-state index is 14.4. The number of imidazole rings is 1. The zero-order chi connectivity index (χ0) is 24.5. The Morgan fingerprint density at radius 1 is 1.17 bits per heavy atom. The number of hydrogen-bond donors (Lipinski definition) is 1. The van der Waals surface area contributed by atoms with Crippen LogP contribution in [-0.4, -0.2) is 41.3 Å². The number of hydrogen-bond acceptors (Lipinski definition) is 4. The van der Waals surface area contributed by atoms with Crippen LogP contribution in [0.4, 0.5) is 10.1 Å². The van der Waals surface area contributed by atoms with Crippen molar-refractivity contribution in [3.05, 3.63) is 59.7 Å². The lowest BCUT2D eigenvalue weighted by Gasteiger charge is -2.41. The summed E-state index contributed by atoms with van der Waals surface area (Å²) in [6, 6.07) is 15.1. The highest BCUT2D eigenvalue weighted by atomic mass is 19.1. The van der Waals surface area contributed by atoms with Gasteiger partial charge in [-0.15, -0.1) is 0 Å². The molecule has 2 aromatic carbocycles. The van der Waals surface area contributed by atoms with Gasteiger partial charge in [-0.2, -0.15) is 0 Å². The summed E-state index contributed by atoms with van der Waals surface area (Å²) >= 11 is 0. The number of nitrogens with zero attached hydrogens (tertiary/aromatic N) is 3. The van der Waals surface area contributed by atoms with Crippen molar-refractivity contribution in [3.63, 3.8) is 0 Å². The lowest BCUT2D eigenvalue weighted by Crippen LogP contribution is -2.43. The number of carbonyl (C=O) groups is 1. The van der Waals surface area contributed by atoms with Gasteiger partial charge in [0.1, 0.15) is 11.3 Å². The SMILES string of the molecule is CC[C@H](NC(=O)CCOC)c1cccc(N2[C@@H]3CC[C@H]2C[C@H](n2c(C)nc4c(F)cccc42)C3)c1. The number of anilines is 1. The molecule has 0 radical (unpaired) electrons. The second kappa shape index (κ2) is 9.97. The summed E-state index contributed by atoms with van der Waals surface area (Å²) in [5, 5.41) is 3.16. The normalized spacial score (nSPS) is 22.5. The van der Waals surface area contributed by atoms with Gasteiger partial charge in [-0.25, -0.2) is 9.37 Å². The van der Waals surface area contributed by atoms with Crippen LogP contribution < -0.4 is 10.2 Å². The van der Waals surface area contributed by atoms with Crippen LogP contribution >= 0.6 is 0 Å². The van der Waals surface area contributed by atoms with E-state index in [1.54, 1.807) is 13.2 Å². The molecule has 1 aromatic heterocycles. The predicted molar refractivity (Wildman–Crippen MR) is 136 cm³/mol. The predicted octanol–water partition coefficient (Wildman–Crippen LogP) is 5.46. The van der Waals surface area contributed by atoms with E-state index in [0.29, 0.717) is 36.7 Å². The molecule has 3 heterocycles. The van der Waals surface area contributed by atoms with E-state index in [-0.39, 0.29) is 17.8 Å². The number of piperidine rings is 1. The van der Waals surface area contributed by atoms with Gasteiger partial charge in [-0.3, -0.25) is 4.79 Å². The van der Waals surface area contributed by atoms with Crippen LogP contribution in [0.2, 0.25) is 0 Å². The van der Waals surface area contributed by atoms with Gasteiger partial charge in [-0.1, -0.05) is 25.1 Å². The van der Waals surface area contributed by atoms with Crippen LogP contribution in [0.5, 0.6) is 0 Å². The van der Waals surface area contributed by atoms with E-state index in [0.717, 1.165) is 49.0 Å². The molecule has 2 bridgehead atoms. The maximum atomic E-state index is 14.4. The summed E-state index contributed by atoms with van der Waals surface area (Å²) in [4.78, 5) is 19.4. The van der Waals surface area contributed by atoms with Crippen molar-refractivity contribution in [1.29, 1.82) is 0 Å². The van der Waals surface area contributed by atoms with Crippen molar-refractivity contribution in [3.8, 4) is 0 Å². The van der Waals surface area contributed by atoms with Gasteiger partial charge in [0.2, 0.25) is 5.91 Å². The molecular weight excluding hydrogens is 443 g/mol. The summed E-state index contributed by atoms with van der Waals surface area (Å²) in [6.45, 7) is 4.52. The van der Waals surface area contributed by atoms with E-state index in [1.807, 2.05) is 13.0 Å². The van der Waals surface area contributed by atoms with Crippen LogP contribution in [0.1, 0.15) is 68.9 Å². The second-order valence-corrected chi connectivity index (χ2v) is 9.92. The van der Waals surface area contributed by atoms with Gasteiger partial charge >= 0.3 is 0 Å². The third-order valence-corrected chi connectivity index (χ3v) is 7.77. The van der Waals surface area contributed by atoms with Crippen LogP contribution in [0.15, 0.2) is 42.5 Å². The fourth-order valence-electron chi connectivity index (χ4n) is 6.23. The van der Waals surface area contributed by atoms with Gasteiger partial charge < -0.3 is 19.5 Å². The largest absolute Gasteiger partial charge is 0.384 e. The van der Waals surface area contributed by atoms with E-state index in [9.17, 15) is 9.18 Å². The number of benzene rings is 2. The summed E-state index contributed by atoms with van der Waals surface area (Å²) < 4.78 is 21.7. The summed E-state index contributed by atoms with van der Waals surface area (Å²) in [5.41, 5.74) is 3.75. The molecule has 1 amide bonds. The summed E-state index contributed by atoms with van der Waals surface area (Å²) in [5.74, 6) is 0.658. The van der Waals surface area contributed by atoms with Crippen molar-refractivity contribution in [2.45, 2.75) is 76.5 Å². The van der Waals surface area contributed by atoms with Crippen molar-refractivity contribution >= 4 is 22.6 Å². The quantitative estimate of drug-likeness (QED) is 0.467. The van der Waals surface area contributed by atoms with Crippen molar-refractivity contribution < 1.29 is 13.9 Å². The van der Waals surface area contributed by atoms with E-state index in [1.165, 1.54) is 11.8 Å². The number of carbonyl (C=O) groups excluding carboxylic acids is 1. The average molecular weight is 479 g/mol. The zero-order valence-corrected chi connectivity index (χ0v) is 20.8. The third-order valence-electron chi connectivity index (χ3n) is 7.77. The van der Waals surface area contributed by atoms with Crippen LogP contribution in [0, 0.1) is 12.7 Å². The number of aromatic nitrogens is 2. The standard InChI is InChI=1S/C28H35FN4O2/c1-4-25(31-27(34)13-14-35-3)19-7-5-8-20(15-19)33-21-11-12-22(33)17-23(16-21)32-18(2)30-28-24(29)9-6-10-26(28)32/h5-10,15,21-23,25H,4,11-14,16-17H2,1-3H3,(H,31,34)/t21-,22+,23-,25-/m0/s1. The minimum absolute atomic E-state index is 0.00985. The Kier molecular flexibility index (Phi) is 6.78. The molecule has 0 spiro atoms. The first-order valence-corrected chi connectivity index (χ1v) is 12.8. The molecule has 2 fully saturated rings. The molecular formula is C28H35FN4O2. The monoisotopic (exact) mass is 478 g/mol. The lowest BCUT2D eigenvalue weighted by atomic mass is 9.95. The number of rotatable bonds is 8. The van der Waals surface area contributed by atoms with Gasteiger partial charge in [0, 0.05) is 37.3 Å². The van der Waals surface area contributed by atoms with Crippen molar-refractivity contribution in [1.82, 2.24) is 14.9 Å². The highest BCUT2D eigenvalue weighted by Gasteiger charge is 2.42. The Hall–Kier alpha value is -2.93. The topological polar surface area (TPSA) is 59.4 Å². The number of ether oxygens (including phenoxy) is 1. The molecule has 2 aliphatic rings. The molecule has 5 rings (SSSR count). The Balaban J connectivity index is 1.36. The zero-order valence-electron chi connectivity index (χ0n) is 20.8. The molecule has 0 unspecified atom stereocenters. The smallest absolute Gasteiger partial charge is 0.222 e. The fraction of sp³-hybridized carbons (Fsp3) is 0.500. The maximum Gasteiger partial charge on any atom is 0.222 e. The first kappa shape index (κ1) is 23.8. The molecule has 7 heteroatoms. The Bertz CT molecular complexity index is 1190. The Labute approximate surface area is 206 Å². The van der Waals surface area contributed by atoms with E-state index >= 15 is 0 Å². The second-order valence-electron chi connectivity index (χ2n) is 9.92. The molecule has 186 valence electrons. The Morgan fingerprint density at radius 2 is 1.91 bits per heavy atom. The fourth-order valence-corrected chi connectivity index (χ4v) is 6.23. The van der Waals surface area contributed by atoms with Crippen LogP contribution in [0.25, 0.3) is 11.0 Å². The van der Waals surface area contributed by atoms with Crippen LogP contribution in [-0.2, 0) is 9.53 Å². The molecule has 4 atom stereocenters. The minimum atomic E-state index is -0.249. The van der Waals surface area contributed by atoms with Gasteiger partial charge in [0.25, 0.3) is 0 Å². The molecule has 3 aromatic rings. The van der Waals surface area contributed by atoms with Gasteiger partial charge in [-0.05, 0) is 68.9 Å². The number of nitrogens with one attached hydrogen (secondary N) is 1. The van der Waals surface area contributed by atoms with E-state index in [2.05, 4.69) is 51.0 Å². The molecule has 2 aliphatic heterocycles. The first-order chi connectivity index (χ1) is 17.0. The lowest BCUT2D eigenvalue weighted by molar-refractivity contribution is -0.122. The number of fused-ring (bicyclic) bond motifs is 3. The molecule has 1 N–H and O–H groups in total. The van der Waals surface area contributed by atoms with E-state index < -0.39 is 0 Å². The van der Waals surface area contributed by atoms with Crippen molar-refractivity contribution in [2.24, 2.45) is 0 Å². The van der Waals surface area contributed by atoms with Gasteiger partial charge in [0.15, 0.2) is 5.82 Å². The minimum Gasteiger partial charge on any atom is -0.384 e. The Morgan fingerprint density at radius 3 is 2.63 bits per heavy atom. The summed E-state index contributed by atoms with van der Waals surface area (Å²) in [6.07, 6.45) is 5.58. The molecule has 0 aliphatic carbocycles. The highest BCUT2D eigenvalue weighted by molar-refractivity contribution is 5.77. The number of para-hydroxylation sites is 1. The number of aryl methyl sites for hydroxylation is 1. The van der Waals surface area contributed by atoms with Gasteiger partial charge in [0.05, 0.1) is 18.2 Å². The average Bonchev–Trinajstić information content (AvgIpc) is 3.34. The highest BCUT2D eigenvalue weighted by Crippen LogP contribution is 2.45. The van der Waals surface area contributed by atoms with Crippen molar-refractivity contribution in [2.75, 3.05) is 18.6 Å². The van der Waals surface area contributed by atoms with E-state index in [4.69, 9.17) is 4.74 Å². The molecule has 2 saturated heterocycles. The molecule has 6 nitrogen and oxygen atoms in total.